The molecule has 0 N–H and O–H groups in total. The molecule has 0 amide bonds. The van der Waals surface area contributed by atoms with E-state index in [9.17, 15) is 4.39 Å². The molecule has 0 atom stereocenters. The number of rotatable bonds is 4. The molecule has 2 aliphatic heterocycles. The van der Waals surface area contributed by atoms with Gasteiger partial charge in [0.25, 0.3) is 0 Å². The highest BCUT2D eigenvalue weighted by molar-refractivity contribution is 6.30. The minimum atomic E-state index is -0.369. The summed E-state index contributed by atoms with van der Waals surface area (Å²) in [5.74, 6) is 6.33. The van der Waals surface area contributed by atoms with Gasteiger partial charge >= 0.3 is 0 Å². The van der Waals surface area contributed by atoms with Crippen molar-refractivity contribution in [1.29, 1.82) is 0 Å². The van der Waals surface area contributed by atoms with E-state index in [1.165, 1.54) is 12.3 Å². The van der Waals surface area contributed by atoms with Gasteiger partial charge in [-0.15, -0.1) is 0 Å². The van der Waals surface area contributed by atoms with Crippen molar-refractivity contribution in [3.63, 3.8) is 0 Å². The lowest BCUT2D eigenvalue weighted by molar-refractivity contribution is 0.0592. The van der Waals surface area contributed by atoms with Crippen LogP contribution >= 0.6 is 11.6 Å². The number of halogens is 2. The van der Waals surface area contributed by atoms with Crippen LogP contribution in [0.5, 0.6) is 0 Å². The Morgan fingerprint density at radius 2 is 1.92 bits per heavy atom. The number of nitrogens with zero attached hydrogens (tertiary/aromatic N) is 4. The maximum atomic E-state index is 13.9. The summed E-state index contributed by atoms with van der Waals surface area (Å²) in [6, 6.07) is 1.31. The van der Waals surface area contributed by atoms with Crippen molar-refractivity contribution >= 4 is 17.4 Å². The number of pyridine rings is 1. The Morgan fingerprint density at radius 3 is 2.62 bits per heavy atom. The number of anilines is 1. The molecule has 5 nitrogen and oxygen atoms in total. The molecule has 1 aromatic heterocycles. The molecule has 3 heterocycles. The molecule has 26 heavy (non-hydrogen) atoms. The minimum Gasteiger partial charge on any atom is -0.365 e. The van der Waals surface area contributed by atoms with E-state index in [-0.39, 0.29) is 11.9 Å². The van der Waals surface area contributed by atoms with Gasteiger partial charge in [0.1, 0.15) is 6.61 Å². The Bertz CT molecular complexity index is 647. The molecule has 2 aliphatic rings. The van der Waals surface area contributed by atoms with E-state index in [0.29, 0.717) is 17.4 Å². The lowest BCUT2D eigenvalue weighted by Crippen LogP contribution is -2.44. The first-order chi connectivity index (χ1) is 12.6. The second kappa shape index (κ2) is 9.52. The van der Waals surface area contributed by atoms with E-state index in [2.05, 4.69) is 33.7 Å². The summed E-state index contributed by atoms with van der Waals surface area (Å²) in [5.41, 5.74) is 0. The first-order valence-electron chi connectivity index (χ1n) is 9.16. The summed E-state index contributed by atoms with van der Waals surface area (Å²) in [5, 5.41) is 0.319. The highest BCUT2D eigenvalue weighted by Gasteiger charge is 2.22. The fourth-order valence-electron chi connectivity index (χ4n) is 3.26. The first-order valence-corrected chi connectivity index (χ1v) is 9.54. The van der Waals surface area contributed by atoms with Crippen molar-refractivity contribution in [2.45, 2.75) is 18.9 Å². The molecule has 0 radical (unpaired) electrons. The van der Waals surface area contributed by atoms with Crippen molar-refractivity contribution in [2.75, 3.05) is 64.4 Å². The fourth-order valence-corrected chi connectivity index (χ4v) is 3.40. The summed E-state index contributed by atoms with van der Waals surface area (Å²) in [7, 11) is 2.15. The van der Waals surface area contributed by atoms with Gasteiger partial charge in [-0.1, -0.05) is 23.4 Å². The zero-order valence-electron chi connectivity index (χ0n) is 15.3. The summed E-state index contributed by atoms with van der Waals surface area (Å²) >= 11 is 5.76. The summed E-state index contributed by atoms with van der Waals surface area (Å²) < 4.78 is 19.8. The van der Waals surface area contributed by atoms with Gasteiger partial charge in [-0.25, -0.2) is 9.37 Å². The third-order valence-corrected chi connectivity index (χ3v) is 5.15. The minimum absolute atomic E-state index is 0.180. The van der Waals surface area contributed by atoms with Crippen LogP contribution in [0.3, 0.4) is 0 Å². The molecule has 0 aromatic carbocycles. The number of likely N-dealkylation sites (N-methyl/N-ethyl adjacent to an activating group) is 1. The molecule has 0 aliphatic carbocycles. The predicted octanol–water partition coefficient (Wildman–Crippen LogP) is 2.11. The second-order valence-corrected chi connectivity index (χ2v) is 7.33. The highest BCUT2D eigenvalue weighted by Crippen LogP contribution is 2.23. The third kappa shape index (κ3) is 5.55. The van der Waals surface area contributed by atoms with E-state index < -0.39 is 0 Å². The van der Waals surface area contributed by atoms with Crippen molar-refractivity contribution in [3.05, 3.63) is 23.1 Å². The molecule has 142 valence electrons. The average Bonchev–Trinajstić information content (AvgIpc) is 2.64. The Kier molecular flexibility index (Phi) is 7.09. The topological polar surface area (TPSA) is 31.8 Å². The van der Waals surface area contributed by atoms with Crippen LogP contribution in [0.4, 0.5) is 10.2 Å². The van der Waals surface area contributed by atoms with Gasteiger partial charge in [0.15, 0.2) is 11.6 Å². The van der Waals surface area contributed by atoms with Gasteiger partial charge in [-0.05, 0) is 26.0 Å². The molecule has 0 saturated carbocycles. The van der Waals surface area contributed by atoms with Crippen molar-refractivity contribution < 1.29 is 9.13 Å². The van der Waals surface area contributed by atoms with Gasteiger partial charge in [-0.2, -0.15) is 0 Å². The van der Waals surface area contributed by atoms with Crippen LogP contribution in [0, 0.1) is 17.7 Å². The van der Waals surface area contributed by atoms with Crippen LogP contribution in [0.2, 0.25) is 5.02 Å². The summed E-state index contributed by atoms with van der Waals surface area (Å²) in [4.78, 5) is 10.8. The van der Waals surface area contributed by atoms with Gasteiger partial charge in [0.2, 0.25) is 0 Å². The molecule has 2 saturated heterocycles. The third-order valence-electron chi connectivity index (χ3n) is 4.94. The van der Waals surface area contributed by atoms with E-state index in [0.717, 1.165) is 58.7 Å². The maximum absolute atomic E-state index is 13.9. The van der Waals surface area contributed by atoms with Gasteiger partial charge < -0.3 is 14.5 Å². The summed E-state index contributed by atoms with van der Waals surface area (Å²) in [6.45, 7) is 7.12. The maximum Gasteiger partial charge on any atom is 0.167 e. The van der Waals surface area contributed by atoms with Crippen molar-refractivity contribution in [1.82, 2.24) is 14.8 Å². The molecule has 0 unspecified atom stereocenters. The number of piperazine rings is 1. The van der Waals surface area contributed by atoms with Crippen LogP contribution in [0.15, 0.2) is 12.3 Å². The molecule has 2 fully saturated rings. The smallest absolute Gasteiger partial charge is 0.167 e. The largest absolute Gasteiger partial charge is 0.365 e. The monoisotopic (exact) mass is 380 g/mol. The fraction of sp³-hybridized carbons (Fsp3) is 0.632. The molecule has 1 aromatic rings. The Morgan fingerprint density at radius 1 is 1.19 bits per heavy atom. The molecule has 3 rings (SSSR count). The Balaban J connectivity index is 1.35. The number of aromatic nitrogens is 1. The van der Waals surface area contributed by atoms with Crippen molar-refractivity contribution in [3.8, 4) is 11.8 Å². The van der Waals surface area contributed by atoms with Crippen LogP contribution < -0.4 is 4.90 Å². The lowest BCUT2D eigenvalue weighted by Gasteiger charge is -2.32. The van der Waals surface area contributed by atoms with Crippen LogP contribution in [0.25, 0.3) is 0 Å². The molecular weight excluding hydrogens is 355 g/mol. The Hall–Kier alpha value is -1.39. The standard InChI is InChI=1S/C19H26ClFN4O/c1-23-9-11-24(12-10-23)6-2-3-13-26-17-4-7-25(8-5-17)19-18(21)14-16(20)15-22-19/h14-15,17H,4-13H2,1H3. The predicted molar refractivity (Wildman–Crippen MR) is 102 cm³/mol. The van der Waals surface area contributed by atoms with Gasteiger partial charge in [-0.3, -0.25) is 4.90 Å². The van der Waals surface area contributed by atoms with Gasteiger partial charge in [0.05, 0.1) is 17.7 Å². The number of ether oxygens (including phenoxy) is 1. The first kappa shape index (κ1) is 19.4. The van der Waals surface area contributed by atoms with E-state index in [1.54, 1.807) is 0 Å². The zero-order chi connectivity index (χ0) is 18.4. The van der Waals surface area contributed by atoms with Crippen molar-refractivity contribution in [2.24, 2.45) is 0 Å². The number of piperidine rings is 1. The molecule has 0 spiro atoms. The van der Waals surface area contributed by atoms with Gasteiger partial charge in [0, 0.05) is 45.5 Å². The van der Waals surface area contributed by atoms with Crippen LogP contribution in [0.1, 0.15) is 12.8 Å². The quantitative estimate of drug-likeness (QED) is 0.747. The van der Waals surface area contributed by atoms with E-state index in [4.69, 9.17) is 16.3 Å². The average molecular weight is 381 g/mol. The van der Waals surface area contributed by atoms with E-state index >= 15 is 0 Å². The zero-order valence-corrected chi connectivity index (χ0v) is 16.0. The van der Waals surface area contributed by atoms with E-state index in [1.807, 2.05) is 4.90 Å². The number of hydrogen-bond acceptors (Lipinski definition) is 5. The SMILES string of the molecule is CN1CCN(CC#CCOC2CCN(c3ncc(Cl)cc3F)CC2)CC1. The summed E-state index contributed by atoms with van der Waals surface area (Å²) in [6.07, 6.45) is 3.37. The second-order valence-electron chi connectivity index (χ2n) is 6.89. The normalized spacial score (nSPS) is 20.0. The molecular formula is C19H26ClFN4O. The van der Waals surface area contributed by atoms with Crippen LogP contribution in [-0.2, 0) is 4.74 Å². The molecule has 0 bridgehead atoms. The Labute approximate surface area is 160 Å². The molecule has 7 heteroatoms. The van der Waals surface area contributed by atoms with Crippen LogP contribution in [-0.4, -0.2) is 80.4 Å². The lowest BCUT2D eigenvalue weighted by atomic mass is 10.1. The highest BCUT2D eigenvalue weighted by atomic mass is 35.5. The number of hydrogen-bond donors (Lipinski definition) is 0.